The van der Waals surface area contributed by atoms with E-state index in [1.165, 1.54) is 12.4 Å². The zero-order valence-corrected chi connectivity index (χ0v) is 10.4. The highest BCUT2D eigenvalue weighted by molar-refractivity contribution is 5.84. The number of hydrogen-bond acceptors (Lipinski definition) is 7. The van der Waals surface area contributed by atoms with Crippen LogP contribution < -0.4 is 0 Å². The smallest absolute Gasteiger partial charge is 0.358 e. The van der Waals surface area contributed by atoms with Gasteiger partial charge in [0.2, 0.25) is 0 Å². The Balaban J connectivity index is 2.18. The molecule has 0 aliphatic heterocycles. The van der Waals surface area contributed by atoms with E-state index in [0.717, 1.165) is 9.36 Å². The fourth-order valence-corrected chi connectivity index (χ4v) is 1.79. The standard InChI is InChI=1S/C11H7N7O3/c19-11(16-7-6-12-14-16)17-9(8-4-2-1-3-5-8)10(13-15-17)18(20)21/h1-7H. The van der Waals surface area contributed by atoms with Crippen LogP contribution in [-0.2, 0) is 0 Å². The maximum absolute atomic E-state index is 12.2. The van der Waals surface area contributed by atoms with E-state index in [2.05, 4.69) is 20.6 Å². The zero-order chi connectivity index (χ0) is 14.8. The first-order chi connectivity index (χ1) is 10.2. The van der Waals surface area contributed by atoms with Crippen molar-refractivity contribution in [2.24, 2.45) is 0 Å². The molecule has 21 heavy (non-hydrogen) atoms. The van der Waals surface area contributed by atoms with E-state index in [9.17, 15) is 14.9 Å². The molecule has 2 heterocycles. The topological polar surface area (TPSA) is 122 Å². The van der Waals surface area contributed by atoms with Gasteiger partial charge in [-0.25, -0.2) is 4.79 Å². The van der Waals surface area contributed by atoms with Crippen LogP contribution in [0.1, 0.15) is 0 Å². The molecule has 1 aromatic carbocycles. The lowest BCUT2D eigenvalue weighted by Gasteiger charge is -2.03. The Morgan fingerprint density at radius 1 is 1.19 bits per heavy atom. The summed E-state index contributed by atoms with van der Waals surface area (Å²) in [5.74, 6) is -0.505. The average Bonchev–Trinajstić information content (AvgIpc) is 3.17. The van der Waals surface area contributed by atoms with Gasteiger partial charge in [0.1, 0.15) is 5.10 Å². The first kappa shape index (κ1) is 12.6. The van der Waals surface area contributed by atoms with Crippen molar-refractivity contribution in [3.05, 3.63) is 52.8 Å². The van der Waals surface area contributed by atoms with Crippen molar-refractivity contribution >= 4 is 11.8 Å². The molecule has 10 heteroatoms. The predicted octanol–water partition coefficient (Wildman–Crippen LogP) is 0.961. The van der Waals surface area contributed by atoms with E-state index in [1.54, 1.807) is 30.3 Å². The molecule has 0 spiro atoms. The number of aromatic nitrogens is 6. The lowest BCUT2D eigenvalue weighted by molar-refractivity contribution is -0.388. The van der Waals surface area contributed by atoms with Gasteiger partial charge in [-0.15, -0.1) is 9.78 Å². The number of carbonyl (C=O) groups excluding carboxylic acids is 1. The predicted molar refractivity (Wildman–Crippen MR) is 68.3 cm³/mol. The molecule has 0 bridgehead atoms. The highest BCUT2D eigenvalue weighted by Gasteiger charge is 2.29. The molecular weight excluding hydrogens is 278 g/mol. The van der Waals surface area contributed by atoms with Crippen LogP contribution in [0.5, 0.6) is 0 Å². The van der Waals surface area contributed by atoms with Gasteiger partial charge in [-0.2, -0.15) is 4.68 Å². The third-order valence-corrected chi connectivity index (χ3v) is 2.67. The number of rotatable bonds is 2. The monoisotopic (exact) mass is 285 g/mol. The van der Waals surface area contributed by atoms with Crippen LogP contribution in [-0.4, -0.2) is 40.9 Å². The minimum absolute atomic E-state index is 0.0129. The fourth-order valence-electron chi connectivity index (χ4n) is 1.79. The van der Waals surface area contributed by atoms with Gasteiger partial charge in [-0.05, 0) is 4.92 Å². The van der Waals surface area contributed by atoms with Crippen LogP contribution in [0.2, 0.25) is 0 Å². The second kappa shape index (κ2) is 4.92. The van der Waals surface area contributed by atoms with E-state index in [4.69, 9.17) is 0 Å². The second-order valence-electron chi connectivity index (χ2n) is 3.93. The molecule has 3 aromatic rings. The summed E-state index contributed by atoms with van der Waals surface area (Å²) in [4.78, 5) is 22.6. The zero-order valence-electron chi connectivity index (χ0n) is 10.4. The lowest BCUT2D eigenvalue weighted by atomic mass is 10.1. The lowest BCUT2D eigenvalue weighted by Crippen LogP contribution is -2.22. The highest BCUT2D eigenvalue weighted by atomic mass is 16.6. The Morgan fingerprint density at radius 2 is 1.95 bits per heavy atom. The summed E-state index contributed by atoms with van der Waals surface area (Å²) < 4.78 is 1.73. The van der Waals surface area contributed by atoms with Crippen molar-refractivity contribution in [3.63, 3.8) is 0 Å². The van der Waals surface area contributed by atoms with Gasteiger partial charge in [0.05, 0.1) is 17.6 Å². The Morgan fingerprint density at radius 3 is 2.57 bits per heavy atom. The van der Waals surface area contributed by atoms with Gasteiger partial charge in [-0.3, -0.25) is 0 Å². The Bertz CT molecular complexity index is 795. The van der Waals surface area contributed by atoms with Gasteiger partial charge in [0.25, 0.3) is 0 Å². The summed E-state index contributed by atoms with van der Waals surface area (Å²) in [7, 11) is 0. The Hall–Kier alpha value is -3.43. The quantitative estimate of drug-likeness (QED) is 0.507. The molecule has 0 amide bonds. The molecule has 0 unspecified atom stereocenters. The summed E-state index contributed by atoms with van der Waals surface area (Å²) in [5.41, 5.74) is 0.434. The van der Waals surface area contributed by atoms with Gasteiger partial charge < -0.3 is 10.1 Å². The molecule has 0 aliphatic carbocycles. The minimum Gasteiger partial charge on any atom is -0.358 e. The van der Waals surface area contributed by atoms with Crippen molar-refractivity contribution < 1.29 is 9.72 Å². The molecule has 3 rings (SSSR count). The molecular formula is C11H7N7O3. The van der Waals surface area contributed by atoms with Crippen molar-refractivity contribution in [1.29, 1.82) is 0 Å². The summed E-state index contributed by atoms with van der Waals surface area (Å²) in [5, 5.41) is 25.1. The van der Waals surface area contributed by atoms with Crippen LogP contribution in [0.15, 0.2) is 42.7 Å². The van der Waals surface area contributed by atoms with Crippen LogP contribution >= 0.6 is 0 Å². The summed E-state index contributed by atoms with van der Waals surface area (Å²) >= 11 is 0. The minimum atomic E-state index is -0.716. The van der Waals surface area contributed by atoms with Crippen LogP contribution in [0.4, 0.5) is 10.6 Å². The molecule has 0 saturated carbocycles. The SMILES string of the molecule is O=C(n1ccnn1)n1nnc([N+](=O)[O-])c1-c1ccccc1. The number of benzene rings is 1. The van der Waals surface area contributed by atoms with Crippen molar-refractivity contribution in [1.82, 2.24) is 30.0 Å². The maximum atomic E-state index is 12.2. The molecule has 0 fully saturated rings. The summed E-state index contributed by atoms with van der Waals surface area (Å²) in [6.45, 7) is 0. The first-order valence-electron chi connectivity index (χ1n) is 5.75. The molecule has 0 radical (unpaired) electrons. The second-order valence-corrected chi connectivity index (χ2v) is 3.93. The van der Waals surface area contributed by atoms with Gasteiger partial charge in [0, 0.05) is 5.56 Å². The van der Waals surface area contributed by atoms with Crippen LogP contribution in [0.3, 0.4) is 0 Å². The molecule has 0 atom stereocenters. The Labute approximate surface area is 116 Å². The molecule has 0 aliphatic rings. The first-order valence-corrected chi connectivity index (χ1v) is 5.75. The molecule has 0 saturated heterocycles. The van der Waals surface area contributed by atoms with Gasteiger partial charge in [0.15, 0.2) is 5.69 Å². The molecule has 2 aromatic heterocycles. The third-order valence-electron chi connectivity index (χ3n) is 2.67. The van der Waals surface area contributed by atoms with Gasteiger partial charge in [-0.1, -0.05) is 35.5 Å². The molecule has 104 valence electrons. The fraction of sp³-hybridized carbons (Fsp3) is 0. The van der Waals surface area contributed by atoms with Crippen LogP contribution in [0, 0.1) is 10.1 Å². The normalized spacial score (nSPS) is 10.5. The summed E-state index contributed by atoms with van der Waals surface area (Å²) in [6.07, 6.45) is 2.62. The number of nitrogens with zero attached hydrogens (tertiary/aromatic N) is 7. The largest absolute Gasteiger partial charge is 0.419 e. The number of carbonyl (C=O) groups is 1. The van der Waals surface area contributed by atoms with E-state index in [0.29, 0.717) is 5.56 Å². The van der Waals surface area contributed by atoms with E-state index >= 15 is 0 Å². The van der Waals surface area contributed by atoms with Gasteiger partial charge >= 0.3 is 11.8 Å². The third kappa shape index (κ3) is 2.14. The average molecular weight is 285 g/mol. The summed E-state index contributed by atoms with van der Waals surface area (Å²) in [6, 6.07) is 7.66. The van der Waals surface area contributed by atoms with E-state index in [1.807, 2.05) is 0 Å². The van der Waals surface area contributed by atoms with Crippen molar-refractivity contribution in [2.75, 3.05) is 0 Å². The Kier molecular flexibility index (Phi) is 2.95. The highest BCUT2D eigenvalue weighted by Crippen LogP contribution is 2.27. The maximum Gasteiger partial charge on any atom is 0.419 e. The van der Waals surface area contributed by atoms with Crippen molar-refractivity contribution in [3.8, 4) is 11.3 Å². The molecule has 10 nitrogen and oxygen atoms in total. The van der Waals surface area contributed by atoms with E-state index < -0.39 is 16.8 Å². The van der Waals surface area contributed by atoms with E-state index in [-0.39, 0.29) is 5.69 Å². The van der Waals surface area contributed by atoms with Crippen LogP contribution in [0.25, 0.3) is 11.3 Å². The number of hydrogen-bond donors (Lipinski definition) is 0. The van der Waals surface area contributed by atoms with Crippen molar-refractivity contribution in [2.45, 2.75) is 0 Å². The number of nitro groups is 1. The molecule has 0 N–H and O–H groups in total.